The summed E-state index contributed by atoms with van der Waals surface area (Å²) in [6, 6.07) is 8.09. The van der Waals surface area contributed by atoms with Gasteiger partial charge in [0.25, 0.3) is 0 Å². The molecule has 1 unspecified atom stereocenters. The molecule has 0 aliphatic heterocycles. The second-order valence-corrected chi connectivity index (χ2v) is 7.51. The average Bonchev–Trinajstić information content (AvgIpc) is 2.49. The van der Waals surface area contributed by atoms with E-state index in [4.69, 9.17) is 4.74 Å². The van der Waals surface area contributed by atoms with E-state index in [-0.39, 0.29) is 24.2 Å². The van der Waals surface area contributed by atoms with Gasteiger partial charge < -0.3 is 10.1 Å². The smallest absolute Gasteiger partial charge is 0.153 e. The minimum Gasteiger partial charge on any atom is -0.492 e. The molecule has 0 saturated carbocycles. The fourth-order valence-corrected chi connectivity index (χ4v) is 2.74. The Morgan fingerprint density at radius 1 is 1.19 bits per heavy atom. The number of hydrogen-bond donors (Lipinski definition) is 1. The first kappa shape index (κ1) is 18.0. The van der Waals surface area contributed by atoms with Crippen molar-refractivity contribution in [1.82, 2.24) is 5.32 Å². The van der Waals surface area contributed by atoms with E-state index in [1.165, 1.54) is 0 Å². The minimum absolute atomic E-state index is 0.0665. The third-order valence-corrected chi connectivity index (χ3v) is 5.10. The van der Waals surface area contributed by atoms with Crippen LogP contribution in [0.5, 0.6) is 5.75 Å². The van der Waals surface area contributed by atoms with Crippen molar-refractivity contribution in [3.05, 3.63) is 29.8 Å². The Kier molecular flexibility index (Phi) is 7.75. The highest BCUT2D eigenvalue weighted by molar-refractivity contribution is 7.91. The van der Waals surface area contributed by atoms with Gasteiger partial charge in [0, 0.05) is 17.4 Å². The van der Waals surface area contributed by atoms with E-state index in [1.54, 1.807) is 6.92 Å². The number of nitrogens with one attached hydrogen (secondary N) is 1. The van der Waals surface area contributed by atoms with Gasteiger partial charge in [0.05, 0.1) is 5.75 Å². The van der Waals surface area contributed by atoms with Crippen LogP contribution in [0.3, 0.4) is 0 Å². The molecule has 0 fully saturated rings. The molecule has 1 atom stereocenters. The first-order valence-electron chi connectivity index (χ1n) is 7.69. The van der Waals surface area contributed by atoms with Crippen LogP contribution in [0.25, 0.3) is 0 Å². The molecule has 0 spiro atoms. The van der Waals surface area contributed by atoms with Gasteiger partial charge in [0.2, 0.25) is 0 Å². The lowest BCUT2D eigenvalue weighted by Crippen LogP contribution is -2.22. The summed E-state index contributed by atoms with van der Waals surface area (Å²) in [4.78, 5) is 0. The molecule has 4 nitrogen and oxygen atoms in total. The number of sulfone groups is 1. The largest absolute Gasteiger partial charge is 0.492 e. The standard InChI is InChI=1S/C16H27NO3S/c1-4-11-17-15(5-2)14-9-7-8-10-16(14)20-12-13-21(18,19)6-3/h7-10,15,17H,4-6,11-13H2,1-3H3. The summed E-state index contributed by atoms with van der Waals surface area (Å²) in [7, 11) is -2.98. The van der Waals surface area contributed by atoms with Crippen molar-refractivity contribution in [3.63, 3.8) is 0 Å². The Balaban J connectivity index is 2.74. The Morgan fingerprint density at radius 2 is 1.90 bits per heavy atom. The maximum Gasteiger partial charge on any atom is 0.153 e. The molecule has 5 heteroatoms. The maximum absolute atomic E-state index is 11.5. The predicted molar refractivity (Wildman–Crippen MR) is 87.6 cm³/mol. The molecule has 1 aromatic carbocycles. The zero-order chi connectivity index (χ0) is 15.7. The average molecular weight is 313 g/mol. The third-order valence-electron chi connectivity index (χ3n) is 3.44. The van der Waals surface area contributed by atoms with Crippen molar-refractivity contribution < 1.29 is 13.2 Å². The fraction of sp³-hybridized carbons (Fsp3) is 0.625. The molecule has 0 bridgehead atoms. The Hall–Kier alpha value is -1.07. The summed E-state index contributed by atoms with van der Waals surface area (Å²) in [5.41, 5.74) is 1.10. The molecule has 0 aromatic heterocycles. The van der Waals surface area contributed by atoms with Crippen molar-refractivity contribution in [1.29, 1.82) is 0 Å². The van der Waals surface area contributed by atoms with Crippen LogP contribution in [0, 0.1) is 0 Å². The molecule has 0 saturated heterocycles. The van der Waals surface area contributed by atoms with Crippen LogP contribution in [-0.2, 0) is 9.84 Å². The van der Waals surface area contributed by atoms with Crippen molar-refractivity contribution >= 4 is 9.84 Å². The number of rotatable bonds is 10. The molecular weight excluding hydrogens is 286 g/mol. The van der Waals surface area contributed by atoms with E-state index in [9.17, 15) is 8.42 Å². The maximum atomic E-state index is 11.5. The van der Waals surface area contributed by atoms with E-state index in [2.05, 4.69) is 19.2 Å². The van der Waals surface area contributed by atoms with Gasteiger partial charge in [0.1, 0.15) is 12.4 Å². The van der Waals surface area contributed by atoms with E-state index in [0.29, 0.717) is 0 Å². The van der Waals surface area contributed by atoms with Crippen LogP contribution in [0.15, 0.2) is 24.3 Å². The summed E-state index contributed by atoms with van der Waals surface area (Å²) in [5.74, 6) is 1.00. The van der Waals surface area contributed by atoms with Crippen molar-refractivity contribution in [3.8, 4) is 5.75 Å². The highest BCUT2D eigenvalue weighted by Gasteiger charge is 2.14. The quantitative estimate of drug-likeness (QED) is 0.721. The number of para-hydroxylation sites is 1. The van der Waals surface area contributed by atoms with E-state index >= 15 is 0 Å². The summed E-state index contributed by atoms with van der Waals surface area (Å²) in [6.45, 7) is 7.09. The molecule has 120 valence electrons. The van der Waals surface area contributed by atoms with Crippen LogP contribution in [0.2, 0.25) is 0 Å². The molecule has 21 heavy (non-hydrogen) atoms. The van der Waals surface area contributed by atoms with E-state index in [0.717, 1.165) is 30.7 Å². The lowest BCUT2D eigenvalue weighted by atomic mass is 10.0. The van der Waals surface area contributed by atoms with Crippen LogP contribution in [-0.4, -0.2) is 33.1 Å². The summed E-state index contributed by atoms with van der Waals surface area (Å²) < 4.78 is 28.7. The van der Waals surface area contributed by atoms with Crippen LogP contribution in [0.4, 0.5) is 0 Å². The van der Waals surface area contributed by atoms with E-state index < -0.39 is 9.84 Å². The molecule has 1 aromatic rings. The van der Waals surface area contributed by atoms with Gasteiger partial charge in [-0.1, -0.05) is 39.0 Å². The van der Waals surface area contributed by atoms with Crippen molar-refractivity contribution in [2.24, 2.45) is 0 Å². The summed E-state index contributed by atoms with van der Waals surface area (Å²) >= 11 is 0. The Labute approximate surface area is 128 Å². The van der Waals surface area contributed by atoms with Crippen LogP contribution < -0.4 is 10.1 Å². The fourth-order valence-electron chi connectivity index (χ4n) is 2.12. The van der Waals surface area contributed by atoms with Gasteiger partial charge in [0.15, 0.2) is 9.84 Å². The Bertz CT molecular complexity index is 514. The lowest BCUT2D eigenvalue weighted by molar-refractivity contribution is 0.331. The predicted octanol–water partition coefficient (Wildman–Crippen LogP) is 2.95. The third kappa shape index (κ3) is 6.06. The summed E-state index contributed by atoms with van der Waals surface area (Å²) in [6.07, 6.45) is 2.04. The Morgan fingerprint density at radius 3 is 2.52 bits per heavy atom. The number of ether oxygens (including phenoxy) is 1. The SMILES string of the molecule is CCCNC(CC)c1ccccc1OCCS(=O)(=O)CC. The highest BCUT2D eigenvalue weighted by atomic mass is 32.2. The van der Waals surface area contributed by atoms with Crippen molar-refractivity contribution in [2.45, 2.75) is 39.7 Å². The van der Waals surface area contributed by atoms with E-state index in [1.807, 2.05) is 24.3 Å². The van der Waals surface area contributed by atoms with Gasteiger partial charge in [-0.2, -0.15) is 0 Å². The monoisotopic (exact) mass is 313 g/mol. The number of hydrogen-bond acceptors (Lipinski definition) is 4. The first-order chi connectivity index (χ1) is 10.0. The van der Waals surface area contributed by atoms with Crippen LogP contribution in [0.1, 0.15) is 45.2 Å². The molecule has 1 N–H and O–H groups in total. The van der Waals surface area contributed by atoms with Crippen LogP contribution >= 0.6 is 0 Å². The van der Waals surface area contributed by atoms with Gasteiger partial charge in [-0.25, -0.2) is 8.42 Å². The second kappa shape index (κ2) is 9.05. The minimum atomic E-state index is -2.98. The topological polar surface area (TPSA) is 55.4 Å². The molecular formula is C16H27NO3S. The van der Waals surface area contributed by atoms with Gasteiger partial charge >= 0.3 is 0 Å². The summed E-state index contributed by atoms with van der Waals surface area (Å²) in [5, 5.41) is 3.50. The molecule has 1 rings (SSSR count). The molecule has 0 heterocycles. The molecule has 0 amide bonds. The highest BCUT2D eigenvalue weighted by Crippen LogP contribution is 2.27. The van der Waals surface area contributed by atoms with Gasteiger partial charge in [-0.15, -0.1) is 0 Å². The lowest BCUT2D eigenvalue weighted by Gasteiger charge is -2.20. The molecule has 0 aliphatic rings. The second-order valence-electron chi connectivity index (χ2n) is 5.04. The molecule has 0 radical (unpaired) electrons. The zero-order valence-corrected chi connectivity index (χ0v) is 14.1. The first-order valence-corrected chi connectivity index (χ1v) is 9.51. The molecule has 0 aliphatic carbocycles. The van der Waals surface area contributed by atoms with Gasteiger partial charge in [-0.05, 0) is 25.5 Å². The van der Waals surface area contributed by atoms with Gasteiger partial charge in [-0.3, -0.25) is 0 Å². The van der Waals surface area contributed by atoms with Crippen molar-refractivity contribution in [2.75, 3.05) is 24.7 Å². The number of benzene rings is 1. The normalized spacial score (nSPS) is 13.1. The zero-order valence-electron chi connectivity index (χ0n) is 13.3.